The first-order chi connectivity index (χ1) is 6.15. The standard InChI is InChI=1S/C8H12ClNO3/c1-3-4-6(8(12)13-2)10-7(11)5-9/h4H,3,5H2,1-2H3,(H,10,11). The Morgan fingerprint density at radius 1 is 1.54 bits per heavy atom. The average Bonchev–Trinajstić information content (AvgIpc) is 2.15. The highest BCUT2D eigenvalue weighted by atomic mass is 35.5. The topological polar surface area (TPSA) is 55.4 Å². The third kappa shape index (κ3) is 4.52. The number of halogens is 1. The molecule has 13 heavy (non-hydrogen) atoms. The number of carbonyl (C=O) groups is 2. The van der Waals surface area contributed by atoms with E-state index < -0.39 is 11.9 Å². The Morgan fingerprint density at radius 2 is 2.15 bits per heavy atom. The fraction of sp³-hybridized carbons (Fsp3) is 0.500. The monoisotopic (exact) mass is 205 g/mol. The van der Waals surface area contributed by atoms with Crippen molar-refractivity contribution in [2.75, 3.05) is 13.0 Å². The summed E-state index contributed by atoms with van der Waals surface area (Å²) in [5.74, 6) is -1.18. The van der Waals surface area contributed by atoms with E-state index in [-0.39, 0.29) is 11.6 Å². The van der Waals surface area contributed by atoms with Crippen LogP contribution in [0.2, 0.25) is 0 Å². The lowest BCUT2D eigenvalue weighted by molar-refractivity contribution is -0.137. The zero-order chi connectivity index (χ0) is 10.3. The number of alkyl halides is 1. The summed E-state index contributed by atoms with van der Waals surface area (Å²) in [5, 5.41) is 2.33. The van der Waals surface area contributed by atoms with Crippen molar-refractivity contribution in [3.8, 4) is 0 Å². The van der Waals surface area contributed by atoms with Gasteiger partial charge in [0.25, 0.3) is 0 Å². The lowest BCUT2D eigenvalue weighted by Gasteiger charge is -2.05. The highest BCUT2D eigenvalue weighted by Gasteiger charge is 2.11. The number of hydrogen-bond donors (Lipinski definition) is 1. The molecule has 0 aliphatic heterocycles. The van der Waals surface area contributed by atoms with E-state index in [0.29, 0.717) is 6.42 Å². The van der Waals surface area contributed by atoms with Crippen molar-refractivity contribution >= 4 is 23.5 Å². The van der Waals surface area contributed by atoms with Gasteiger partial charge in [0, 0.05) is 0 Å². The third-order valence-corrected chi connectivity index (χ3v) is 1.45. The predicted molar refractivity (Wildman–Crippen MR) is 49.3 cm³/mol. The van der Waals surface area contributed by atoms with Gasteiger partial charge in [0.05, 0.1) is 7.11 Å². The van der Waals surface area contributed by atoms with Crippen LogP contribution in [-0.4, -0.2) is 24.9 Å². The zero-order valence-electron chi connectivity index (χ0n) is 7.59. The Balaban J connectivity index is 4.36. The predicted octanol–water partition coefficient (Wildman–Crippen LogP) is 0.808. The Hall–Kier alpha value is -1.03. The molecule has 0 aliphatic carbocycles. The summed E-state index contributed by atoms with van der Waals surface area (Å²) in [6, 6.07) is 0. The first-order valence-corrected chi connectivity index (χ1v) is 4.33. The number of methoxy groups -OCH3 is 1. The van der Waals surface area contributed by atoms with E-state index in [1.807, 2.05) is 6.92 Å². The highest BCUT2D eigenvalue weighted by molar-refractivity contribution is 6.27. The lowest BCUT2D eigenvalue weighted by Crippen LogP contribution is -2.28. The summed E-state index contributed by atoms with van der Waals surface area (Å²) in [4.78, 5) is 21.8. The molecule has 0 aromatic heterocycles. The van der Waals surface area contributed by atoms with Gasteiger partial charge in [0.1, 0.15) is 11.6 Å². The van der Waals surface area contributed by atoms with Crippen LogP contribution >= 0.6 is 11.6 Å². The molecule has 0 aromatic rings. The van der Waals surface area contributed by atoms with Crippen molar-refractivity contribution in [3.05, 3.63) is 11.8 Å². The zero-order valence-corrected chi connectivity index (χ0v) is 8.35. The number of rotatable bonds is 4. The van der Waals surface area contributed by atoms with Crippen molar-refractivity contribution < 1.29 is 14.3 Å². The van der Waals surface area contributed by atoms with Crippen molar-refractivity contribution in [1.29, 1.82) is 0 Å². The molecule has 4 nitrogen and oxygen atoms in total. The van der Waals surface area contributed by atoms with E-state index in [4.69, 9.17) is 11.6 Å². The summed E-state index contributed by atoms with van der Waals surface area (Å²) in [5.41, 5.74) is 0.135. The molecule has 74 valence electrons. The van der Waals surface area contributed by atoms with Crippen molar-refractivity contribution in [1.82, 2.24) is 5.32 Å². The van der Waals surface area contributed by atoms with Crippen LogP contribution in [0.1, 0.15) is 13.3 Å². The number of allylic oxidation sites excluding steroid dienone is 1. The number of ether oxygens (including phenoxy) is 1. The van der Waals surface area contributed by atoms with Gasteiger partial charge < -0.3 is 10.1 Å². The second-order valence-corrected chi connectivity index (χ2v) is 2.47. The van der Waals surface area contributed by atoms with Crippen LogP contribution in [0, 0.1) is 0 Å². The maximum absolute atomic E-state index is 11.0. The smallest absolute Gasteiger partial charge is 0.354 e. The van der Waals surface area contributed by atoms with Crippen LogP contribution in [0.5, 0.6) is 0 Å². The first kappa shape index (κ1) is 12.0. The van der Waals surface area contributed by atoms with Crippen LogP contribution < -0.4 is 5.32 Å². The molecule has 0 heterocycles. The molecule has 0 saturated heterocycles. The van der Waals surface area contributed by atoms with Gasteiger partial charge >= 0.3 is 5.97 Å². The van der Waals surface area contributed by atoms with Gasteiger partial charge in [0.2, 0.25) is 5.91 Å². The van der Waals surface area contributed by atoms with Crippen molar-refractivity contribution in [2.24, 2.45) is 0 Å². The van der Waals surface area contributed by atoms with Crippen molar-refractivity contribution in [2.45, 2.75) is 13.3 Å². The minimum absolute atomic E-state index is 0.135. The van der Waals surface area contributed by atoms with Gasteiger partial charge in [-0.15, -0.1) is 11.6 Å². The molecule has 0 unspecified atom stereocenters. The molecule has 0 bridgehead atoms. The average molecular weight is 206 g/mol. The summed E-state index contributed by atoms with van der Waals surface area (Å²) in [6.07, 6.45) is 2.20. The molecule has 0 radical (unpaired) electrons. The summed E-state index contributed by atoms with van der Waals surface area (Å²) < 4.78 is 4.45. The van der Waals surface area contributed by atoms with Gasteiger partial charge in [-0.05, 0) is 6.42 Å². The summed E-state index contributed by atoms with van der Waals surface area (Å²) in [7, 11) is 1.25. The number of carbonyl (C=O) groups excluding carboxylic acids is 2. The largest absolute Gasteiger partial charge is 0.464 e. The Morgan fingerprint density at radius 3 is 2.54 bits per heavy atom. The number of esters is 1. The van der Waals surface area contributed by atoms with Gasteiger partial charge in [-0.25, -0.2) is 4.79 Å². The lowest BCUT2D eigenvalue weighted by atomic mass is 10.3. The van der Waals surface area contributed by atoms with Crippen LogP contribution in [0.3, 0.4) is 0 Å². The van der Waals surface area contributed by atoms with E-state index in [2.05, 4.69) is 10.1 Å². The van der Waals surface area contributed by atoms with E-state index in [1.54, 1.807) is 6.08 Å². The van der Waals surface area contributed by atoms with Gasteiger partial charge in [0.15, 0.2) is 0 Å². The quantitative estimate of drug-likeness (QED) is 0.420. The fourth-order valence-electron chi connectivity index (χ4n) is 0.683. The maximum Gasteiger partial charge on any atom is 0.354 e. The highest BCUT2D eigenvalue weighted by Crippen LogP contribution is 1.95. The number of nitrogens with one attached hydrogen (secondary N) is 1. The van der Waals surface area contributed by atoms with E-state index in [9.17, 15) is 9.59 Å². The second kappa shape index (κ2) is 6.48. The molecule has 0 spiro atoms. The van der Waals surface area contributed by atoms with Crippen molar-refractivity contribution in [3.63, 3.8) is 0 Å². The van der Waals surface area contributed by atoms with Crippen LogP contribution in [0.4, 0.5) is 0 Å². The fourth-order valence-corrected chi connectivity index (χ4v) is 0.750. The van der Waals surface area contributed by atoms with Crippen LogP contribution in [0.15, 0.2) is 11.8 Å². The molecule has 0 aliphatic rings. The molecule has 5 heteroatoms. The number of amides is 1. The molecule has 1 amide bonds. The molecular formula is C8H12ClNO3. The Labute approximate surface area is 81.9 Å². The SMILES string of the molecule is CCC=C(NC(=O)CCl)C(=O)OC. The Bertz CT molecular complexity index is 225. The maximum atomic E-state index is 11.0. The normalized spacial score (nSPS) is 10.8. The number of hydrogen-bond acceptors (Lipinski definition) is 3. The molecular weight excluding hydrogens is 194 g/mol. The Kier molecular flexibility index (Phi) is 5.97. The molecule has 0 saturated carbocycles. The summed E-state index contributed by atoms with van der Waals surface area (Å²) >= 11 is 5.25. The third-order valence-electron chi connectivity index (χ3n) is 1.21. The van der Waals surface area contributed by atoms with E-state index >= 15 is 0 Å². The molecule has 0 aromatic carbocycles. The van der Waals surface area contributed by atoms with Gasteiger partial charge in [-0.2, -0.15) is 0 Å². The molecule has 0 fully saturated rings. The minimum Gasteiger partial charge on any atom is -0.464 e. The van der Waals surface area contributed by atoms with Gasteiger partial charge in [-0.1, -0.05) is 13.0 Å². The van der Waals surface area contributed by atoms with Gasteiger partial charge in [-0.3, -0.25) is 4.79 Å². The summed E-state index contributed by atoms with van der Waals surface area (Å²) in [6.45, 7) is 1.84. The molecule has 1 N–H and O–H groups in total. The van der Waals surface area contributed by atoms with E-state index in [1.165, 1.54) is 7.11 Å². The second-order valence-electron chi connectivity index (χ2n) is 2.20. The van der Waals surface area contributed by atoms with Crippen LogP contribution in [-0.2, 0) is 14.3 Å². The molecule has 0 rings (SSSR count). The molecule has 0 atom stereocenters. The first-order valence-electron chi connectivity index (χ1n) is 3.80. The van der Waals surface area contributed by atoms with Crippen LogP contribution in [0.25, 0.3) is 0 Å². The minimum atomic E-state index is -0.569. The van der Waals surface area contributed by atoms with E-state index in [0.717, 1.165) is 0 Å².